The van der Waals surface area contributed by atoms with E-state index in [1.165, 1.54) is 19.3 Å². The molecule has 2 unspecified atom stereocenters. The van der Waals surface area contributed by atoms with Gasteiger partial charge in [-0.3, -0.25) is 0 Å². The summed E-state index contributed by atoms with van der Waals surface area (Å²) in [6, 6.07) is 9.88. The van der Waals surface area contributed by atoms with Crippen molar-refractivity contribution < 1.29 is 9.84 Å². The monoisotopic (exact) mass is 263 g/mol. The largest absolute Gasteiger partial charge is 0.388 e. The minimum atomic E-state index is -0.365. The SMILES string of the molecule is CN(CCC(O)c1ccccc1)CC1CCCCO1. The van der Waals surface area contributed by atoms with Crippen LogP contribution < -0.4 is 0 Å². The molecule has 3 heteroatoms. The van der Waals surface area contributed by atoms with Crippen LogP contribution in [0.25, 0.3) is 0 Å². The molecule has 0 bridgehead atoms. The van der Waals surface area contributed by atoms with Crippen LogP contribution in [-0.2, 0) is 4.74 Å². The van der Waals surface area contributed by atoms with Crippen LogP contribution in [0.2, 0.25) is 0 Å². The van der Waals surface area contributed by atoms with Gasteiger partial charge in [0.1, 0.15) is 0 Å². The fourth-order valence-corrected chi connectivity index (χ4v) is 2.57. The summed E-state index contributed by atoms with van der Waals surface area (Å²) in [5.74, 6) is 0. The van der Waals surface area contributed by atoms with Crippen molar-refractivity contribution in [3.8, 4) is 0 Å². The first-order valence-corrected chi connectivity index (χ1v) is 7.29. The molecule has 0 aliphatic carbocycles. The summed E-state index contributed by atoms with van der Waals surface area (Å²) in [4.78, 5) is 2.27. The number of likely N-dealkylation sites (N-methyl/N-ethyl adjacent to an activating group) is 1. The fourth-order valence-electron chi connectivity index (χ4n) is 2.57. The molecule has 0 spiro atoms. The lowest BCUT2D eigenvalue weighted by atomic mass is 10.1. The van der Waals surface area contributed by atoms with E-state index in [4.69, 9.17) is 4.74 Å². The van der Waals surface area contributed by atoms with Crippen molar-refractivity contribution in [1.82, 2.24) is 4.90 Å². The van der Waals surface area contributed by atoms with Crippen molar-refractivity contribution in [3.63, 3.8) is 0 Å². The van der Waals surface area contributed by atoms with Crippen LogP contribution in [0.15, 0.2) is 30.3 Å². The van der Waals surface area contributed by atoms with Gasteiger partial charge in [0, 0.05) is 19.7 Å². The highest BCUT2D eigenvalue weighted by Gasteiger charge is 2.16. The first-order valence-electron chi connectivity index (χ1n) is 7.29. The van der Waals surface area contributed by atoms with Gasteiger partial charge in [-0.25, -0.2) is 0 Å². The quantitative estimate of drug-likeness (QED) is 0.856. The van der Waals surface area contributed by atoms with E-state index in [1.807, 2.05) is 30.3 Å². The maximum atomic E-state index is 10.1. The Labute approximate surface area is 116 Å². The molecule has 0 saturated carbocycles. The molecule has 1 fully saturated rings. The van der Waals surface area contributed by atoms with E-state index in [-0.39, 0.29) is 6.10 Å². The lowest BCUT2D eigenvalue weighted by molar-refractivity contribution is -0.00327. The van der Waals surface area contributed by atoms with Gasteiger partial charge in [-0.1, -0.05) is 30.3 Å². The van der Waals surface area contributed by atoms with Crippen molar-refractivity contribution in [2.24, 2.45) is 0 Å². The molecule has 19 heavy (non-hydrogen) atoms. The summed E-state index contributed by atoms with van der Waals surface area (Å²) < 4.78 is 5.74. The van der Waals surface area contributed by atoms with Crippen LogP contribution in [0.5, 0.6) is 0 Å². The Balaban J connectivity index is 1.69. The Hall–Kier alpha value is -0.900. The van der Waals surface area contributed by atoms with Crippen LogP contribution in [-0.4, -0.2) is 42.9 Å². The molecule has 1 N–H and O–H groups in total. The fraction of sp³-hybridized carbons (Fsp3) is 0.625. The first-order chi connectivity index (χ1) is 9.25. The van der Waals surface area contributed by atoms with Gasteiger partial charge in [-0.15, -0.1) is 0 Å². The Kier molecular flexibility index (Phi) is 5.83. The van der Waals surface area contributed by atoms with E-state index in [0.717, 1.165) is 31.7 Å². The zero-order valence-corrected chi connectivity index (χ0v) is 11.8. The van der Waals surface area contributed by atoms with Gasteiger partial charge in [-0.05, 0) is 38.3 Å². The van der Waals surface area contributed by atoms with E-state index < -0.39 is 0 Å². The average molecular weight is 263 g/mol. The second-order valence-electron chi connectivity index (χ2n) is 5.47. The van der Waals surface area contributed by atoms with Gasteiger partial charge in [0.15, 0.2) is 0 Å². The van der Waals surface area contributed by atoms with Crippen LogP contribution in [0.4, 0.5) is 0 Å². The number of hydrogen-bond donors (Lipinski definition) is 1. The number of hydrogen-bond acceptors (Lipinski definition) is 3. The molecule has 2 rings (SSSR count). The zero-order valence-electron chi connectivity index (χ0n) is 11.8. The predicted octanol–water partition coefficient (Wildman–Crippen LogP) is 2.61. The molecule has 1 aromatic carbocycles. The number of aliphatic hydroxyl groups excluding tert-OH is 1. The number of rotatable bonds is 6. The topological polar surface area (TPSA) is 32.7 Å². The third-order valence-corrected chi connectivity index (χ3v) is 3.76. The van der Waals surface area contributed by atoms with Crippen molar-refractivity contribution in [2.45, 2.75) is 37.9 Å². The second kappa shape index (κ2) is 7.63. The zero-order chi connectivity index (χ0) is 13.5. The molecular weight excluding hydrogens is 238 g/mol. The van der Waals surface area contributed by atoms with E-state index >= 15 is 0 Å². The summed E-state index contributed by atoms with van der Waals surface area (Å²) in [6.45, 7) is 2.78. The Morgan fingerprint density at radius 1 is 1.32 bits per heavy atom. The van der Waals surface area contributed by atoms with Crippen molar-refractivity contribution >= 4 is 0 Å². The summed E-state index contributed by atoms with van der Waals surface area (Å²) in [6.07, 6.45) is 4.44. The maximum Gasteiger partial charge on any atom is 0.0802 e. The smallest absolute Gasteiger partial charge is 0.0802 e. The molecular formula is C16H25NO2. The van der Waals surface area contributed by atoms with E-state index in [0.29, 0.717) is 6.10 Å². The van der Waals surface area contributed by atoms with Crippen molar-refractivity contribution in [2.75, 3.05) is 26.7 Å². The Morgan fingerprint density at radius 3 is 2.79 bits per heavy atom. The van der Waals surface area contributed by atoms with Crippen molar-refractivity contribution in [3.05, 3.63) is 35.9 Å². The van der Waals surface area contributed by atoms with Gasteiger partial charge in [-0.2, -0.15) is 0 Å². The molecule has 0 radical (unpaired) electrons. The van der Waals surface area contributed by atoms with Gasteiger partial charge < -0.3 is 14.7 Å². The average Bonchev–Trinajstić information content (AvgIpc) is 2.47. The van der Waals surface area contributed by atoms with E-state index in [2.05, 4.69) is 11.9 Å². The Bertz CT molecular complexity index is 349. The van der Waals surface area contributed by atoms with Gasteiger partial charge in [0.2, 0.25) is 0 Å². The van der Waals surface area contributed by atoms with Crippen LogP contribution in [0, 0.1) is 0 Å². The number of nitrogens with zero attached hydrogens (tertiary/aromatic N) is 1. The Morgan fingerprint density at radius 2 is 2.11 bits per heavy atom. The van der Waals surface area contributed by atoms with Crippen LogP contribution in [0.3, 0.4) is 0 Å². The predicted molar refractivity (Wildman–Crippen MR) is 77.1 cm³/mol. The molecule has 1 saturated heterocycles. The third-order valence-electron chi connectivity index (χ3n) is 3.76. The first kappa shape index (κ1) is 14.5. The highest BCUT2D eigenvalue weighted by atomic mass is 16.5. The number of benzene rings is 1. The van der Waals surface area contributed by atoms with Gasteiger partial charge >= 0.3 is 0 Å². The van der Waals surface area contributed by atoms with Gasteiger partial charge in [0.05, 0.1) is 12.2 Å². The summed E-state index contributed by atoms with van der Waals surface area (Å²) in [5.41, 5.74) is 1.00. The lowest BCUT2D eigenvalue weighted by Gasteiger charge is -2.27. The summed E-state index contributed by atoms with van der Waals surface area (Å²) in [5, 5.41) is 10.1. The minimum Gasteiger partial charge on any atom is -0.388 e. The minimum absolute atomic E-state index is 0.365. The standard InChI is InChI=1S/C16H25NO2/c1-17(13-15-9-5-6-12-19-15)11-10-16(18)14-7-3-2-4-8-14/h2-4,7-8,15-16,18H,5-6,9-13H2,1H3. The maximum absolute atomic E-state index is 10.1. The van der Waals surface area contributed by atoms with Gasteiger partial charge in [0.25, 0.3) is 0 Å². The molecule has 1 aliphatic rings. The summed E-state index contributed by atoms with van der Waals surface area (Å²) >= 11 is 0. The number of aliphatic hydroxyl groups is 1. The number of ether oxygens (including phenoxy) is 1. The molecule has 3 nitrogen and oxygen atoms in total. The molecule has 2 atom stereocenters. The molecule has 0 aromatic heterocycles. The molecule has 1 heterocycles. The normalized spacial score (nSPS) is 21.5. The molecule has 0 amide bonds. The summed E-state index contributed by atoms with van der Waals surface area (Å²) in [7, 11) is 2.11. The third kappa shape index (κ3) is 4.94. The molecule has 1 aromatic rings. The van der Waals surface area contributed by atoms with E-state index in [1.54, 1.807) is 0 Å². The van der Waals surface area contributed by atoms with Crippen LogP contribution in [0.1, 0.15) is 37.4 Å². The highest BCUT2D eigenvalue weighted by Crippen LogP contribution is 2.17. The molecule has 1 aliphatic heterocycles. The second-order valence-corrected chi connectivity index (χ2v) is 5.47. The van der Waals surface area contributed by atoms with Crippen molar-refractivity contribution in [1.29, 1.82) is 0 Å². The van der Waals surface area contributed by atoms with E-state index in [9.17, 15) is 5.11 Å². The van der Waals surface area contributed by atoms with Crippen LogP contribution >= 0.6 is 0 Å². The highest BCUT2D eigenvalue weighted by molar-refractivity contribution is 5.17. The lowest BCUT2D eigenvalue weighted by Crippen LogP contribution is -2.34. The molecule has 106 valence electrons.